The summed E-state index contributed by atoms with van der Waals surface area (Å²) in [5, 5.41) is 5.87. The number of ether oxygens (including phenoxy) is 1. The highest BCUT2D eigenvalue weighted by molar-refractivity contribution is 8.14. The Balaban J connectivity index is 1.31. The molecule has 0 aliphatic carbocycles. The molecular formula is C22H22ClN3O2S. The van der Waals surface area contributed by atoms with Gasteiger partial charge in [-0.25, -0.2) is 0 Å². The second-order valence-corrected chi connectivity index (χ2v) is 8.45. The lowest BCUT2D eigenvalue weighted by Gasteiger charge is -2.08. The van der Waals surface area contributed by atoms with Crippen LogP contribution in [0.15, 0.2) is 53.7 Å². The number of amides is 1. The second-order valence-electron chi connectivity index (χ2n) is 6.92. The molecule has 2 aromatic carbocycles. The number of nitrogens with zero attached hydrogens (tertiary/aromatic N) is 1. The van der Waals surface area contributed by atoms with Gasteiger partial charge in [-0.3, -0.25) is 9.79 Å². The monoisotopic (exact) mass is 427 g/mol. The van der Waals surface area contributed by atoms with Crippen LogP contribution in [0.5, 0.6) is 5.75 Å². The van der Waals surface area contributed by atoms with Gasteiger partial charge in [-0.05, 0) is 47.9 Å². The van der Waals surface area contributed by atoms with E-state index in [1.807, 2.05) is 48.7 Å². The number of hydrogen-bond donors (Lipinski definition) is 2. The van der Waals surface area contributed by atoms with Crippen molar-refractivity contribution in [3.8, 4) is 5.75 Å². The standard InChI is InChI=1S/C22H22ClN3O2S/c1-28-17-6-7-19-18(11-17)15(12-25-19)8-9-24-22(27)20-13-29-21(26-20)10-14-2-4-16(23)5-3-14/h2-7,11-12,20,25H,8-10,13H2,1H3,(H,24,27)/t20-/m0/s1. The average Bonchev–Trinajstić information content (AvgIpc) is 3.36. The zero-order valence-corrected chi connectivity index (χ0v) is 17.6. The largest absolute Gasteiger partial charge is 0.497 e. The smallest absolute Gasteiger partial charge is 0.245 e. The number of aromatic nitrogens is 1. The zero-order valence-electron chi connectivity index (χ0n) is 16.1. The number of carbonyl (C=O) groups is 1. The highest BCUT2D eigenvalue weighted by atomic mass is 35.5. The molecule has 5 nitrogen and oxygen atoms in total. The van der Waals surface area contributed by atoms with Crippen LogP contribution in [0.1, 0.15) is 11.1 Å². The summed E-state index contributed by atoms with van der Waals surface area (Å²) in [6.45, 7) is 0.576. The Morgan fingerprint density at radius 1 is 1.31 bits per heavy atom. The van der Waals surface area contributed by atoms with Crippen LogP contribution in [-0.2, 0) is 17.6 Å². The summed E-state index contributed by atoms with van der Waals surface area (Å²) in [6.07, 6.45) is 3.48. The van der Waals surface area contributed by atoms with Crippen LogP contribution >= 0.6 is 23.4 Å². The number of thioether (sulfide) groups is 1. The summed E-state index contributed by atoms with van der Waals surface area (Å²) < 4.78 is 5.31. The maximum absolute atomic E-state index is 12.5. The molecule has 29 heavy (non-hydrogen) atoms. The first-order valence-corrected chi connectivity index (χ1v) is 10.8. The van der Waals surface area contributed by atoms with Crippen molar-refractivity contribution in [1.29, 1.82) is 0 Å². The molecule has 1 aliphatic rings. The fourth-order valence-corrected chi connectivity index (χ4v) is 4.53. The molecule has 3 aromatic rings. The van der Waals surface area contributed by atoms with Gasteiger partial charge in [0.15, 0.2) is 0 Å². The quantitative estimate of drug-likeness (QED) is 0.592. The van der Waals surface area contributed by atoms with E-state index in [1.54, 1.807) is 18.9 Å². The van der Waals surface area contributed by atoms with E-state index in [9.17, 15) is 4.79 Å². The van der Waals surface area contributed by atoms with Crippen molar-refractivity contribution in [3.63, 3.8) is 0 Å². The third-order valence-electron chi connectivity index (χ3n) is 4.95. The highest BCUT2D eigenvalue weighted by Gasteiger charge is 2.24. The molecule has 0 saturated heterocycles. The normalized spacial score (nSPS) is 16.1. The fraction of sp³-hybridized carbons (Fsp3) is 0.273. The molecule has 0 radical (unpaired) electrons. The van der Waals surface area contributed by atoms with Crippen LogP contribution in [-0.4, -0.2) is 41.4 Å². The van der Waals surface area contributed by atoms with E-state index in [1.165, 1.54) is 0 Å². The zero-order chi connectivity index (χ0) is 20.2. The summed E-state index contributed by atoms with van der Waals surface area (Å²) >= 11 is 7.58. The van der Waals surface area contributed by atoms with Gasteiger partial charge < -0.3 is 15.0 Å². The van der Waals surface area contributed by atoms with Crippen molar-refractivity contribution in [2.75, 3.05) is 19.4 Å². The van der Waals surface area contributed by atoms with Crippen LogP contribution in [0.3, 0.4) is 0 Å². The lowest BCUT2D eigenvalue weighted by atomic mass is 10.1. The van der Waals surface area contributed by atoms with Crippen LogP contribution in [0.4, 0.5) is 0 Å². The number of aromatic amines is 1. The molecule has 0 fully saturated rings. The van der Waals surface area contributed by atoms with Crippen molar-refractivity contribution in [1.82, 2.24) is 10.3 Å². The van der Waals surface area contributed by atoms with Gasteiger partial charge in [0.25, 0.3) is 0 Å². The summed E-state index contributed by atoms with van der Waals surface area (Å²) in [6, 6.07) is 13.4. The SMILES string of the molecule is COc1ccc2[nH]cc(CCNC(=O)[C@@H]3CSC(Cc4ccc(Cl)cc4)=N3)c2c1. The molecule has 1 aromatic heterocycles. The van der Waals surface area contributed by atoms with Gasteiger partial charge in [-0.2, -0.15) is 0 Å². The minimum atomic E-state index is -0.314. The van der Waals surface area contributed by atoms with E-state index in [0.717, 1.165) is 50.7 Å². The maximum Gasteiger partial charge on any atom is 0.245 e. The molecule has 1 atom stereocenters. The van der Waals surface area contributed by atoms with Gasteiger partial charge >= 0.3 is 0 Å². The maximum atomic E-state index is 12.5. The number of nitrogens with one attached hydrogen (secondary N) is 2. The van der Waals surface area contributed by atoms with E-state index < -0.39 is 0 Å². The van der Waals surface area contributed by atoms with Crippen LogP contribution in [0.25, 0.3) is 10.9 Å². The Bertz CT molecular complexity index is 1050. The van der Waals surface area contributed by atoms with Crippen molar-refractivity contribution in [2.45, 2.75) is 18.9 Å². The summed E-state index contributed by atoms with van der Waals surface area (Å²) in [7, 11) is 1.66. The first-order valence-electron chi connectivity index (χ1n) is 9.48. The van der Waals surface area contributed by atoms with Crippen LogP contribution in [0.2, 0.25) is 5.02 Å². The molecule has 0 saturated carbocycles. The molecule has 0 spiro atoms. The average molecular weight is 428 g/mol. The Labute approximate surface area is 178 Å². The van der Waals surface area contributed by atoms with Crippen molar-refractivity contribution in [3.05, 3.63) is 64.8 Å². The molecule has 0 unspecified atom stereocenters. The van der Waals surface area contributed by atoms with Gasteiger partial charge in [0.1, 0.15) is 11.8 Å². The van der Waals surface area contributed by atoms with Gasteiger partial charge in [0, 0.05) is 40.8 Å². The minimum absolute atomic E-state index is 0.0129. The topological polar surface area (TPSA) is 66.5 Å². The fourth-order valence-electron chi connectivity index (χ4n) is 3.36. The number of hydrogen-bond acceptors (Lipinski definition) is 4. The Morgan fingerprint density at radius 2 is 2.14 bits per heavy atom. The Hall–Kier alpha value is -2.44. The van der Waals surface area contributed by atoms with Crippen molar-refractivity contribution < 1.29 is 9.53 Å². The number of aliphatic imine (C=N–C) groups is 1. The number of carbonyl (C=O) groups excluding carboxylic acids is 1. The molecule has 4 rings (SSSR count). The van der Waals surface area contributed by atoms with E-state index in [4.69, 9.17) is 16.3 Å². The lowest BCUT2D eigenvalue weighted by Crippen LogP contribution is -2.35. The molecule has 1 aliphatic heterocycles. The predicted molar refractivity (Wildman–Crippen MR) is 120 cm³/mol. The first-order chi connectivity index (χ1) is 14.1. The molecule has 2 heterocycles. The number of benzene rings is 2. The van der Waals surface area contributed by atoms with Crippen molar-refractivity contribution >= 4 is 45.2 Å². The van der Waals surface area contributed by atoms with E-state index in [-0.39, 0.29) is 11.9 Å². The number of H-pyrrole nitrogens is 1. The molecule has 7 heteroatoms. The Morgan fingerprint density at radius 3 is 2.93 bits per heavy atom. The van der Waals surface area contributed by atoms with Gasteiger partial charge in [0.05, 0.1) is 12.2 Å². The summed E-state index contributed by atoms with van der Waals surface area (Å²) in [4.78, 5) is 20.4. The van der Waals surface area contributed by atoms with Gasteiger partial charge in [-0.1, -0.05) is 23.7 Å². The number of methoxy groups -OCH3 is 1. The number of halogens is 1. The molecule has 150 valence electrons. The molecule has 0 bridgehead atoms. The molecule has 1 amide bonds. The van der Waals surface area contributed by atoms with E-state index in [2.05, 4.69) is 15.3 Å². The molecule has 2 N–H and O–H groups in total. The van der Waals surface area contributed by atoms with Crippen molar-refractivity contribution in [2.24, 2.45) is 4.99 Å². The number of fused-ring (bicyclic) bond motifs is 1. The lowest BCUT2D eigenvalue weighted by molar-refractivity contribution is -0.121. The van der Waals surface area contributed by atoms with E-state index in [0.29, 0.717) is 12.3 Å². The summed E-state index contributed by atoms with van der Waals surface area (Å²) in [5.41, 5.74) is 3.37. The summed E-state index contributed by atoms with van der Waals surface area (Å²) in [5.74, 6) is 1.51. The third-order valence-corrected chi connectivity index (χ3v) is 6.26. The predicted octanol–water partition coefficient (Wildman–Crippen LogP) is 4.25. The van der Waals surface area contributed by atoms with Gasteiger partial charge in [-0.15, -0.1) is 11.8 Å². The van der Waals surface area contributed by atoms with E-state index >= 15 is 0 Å². The Kier molecular flexibility index (Phi) is 6.11. The second kappa shape index (κ2) is 8.93. The number of rotatable bonds is 7. The third kappa shape index (κ3) is 4.77. The minimum Gasteiger partial charge on any atom is -0.497 e. The van der Waals surface area contributed by atoms with Crippen LogP contribution in [0, 0.1) is 0 Å². The highest BCUT2D eigenvalue weighted by Crippen LogP contribution is 2.24. The van der Waals surface area contributed by atoms with Crippen LogP contribution < -0.4 is 10.1 Å². The van der Waals surface area contributed by atoms with Gasteiger partial charge in [0.2, 0.25) is 5.91 Å². The molecular weight excluding hydrogens is 406 g/mol. The first kappa shape index (κ1) is 19.9.